The highest BCUT2D eigenvalue weighted by Gasteiger charge is 2.17. The molecule has 0 aliphatic carbocycles. The first kappa shape index (κ1) is 12.9. The molecule has 0 atom stereocenters. The van der Waals surface area contributed by atoms with Gasteiger partial charge in [-0.05, 0) is 36.4 Å². The third-order valence-corrected chi connectivity index (χ3v) is 3.31. The van der Waals surface area contributed by atoms with E-state index >= 15 is 0 Å². The summed E-state index contributed by atoms with van der Waals surface area (Å²) < 4.78 is 13.1. The Morgan fingerprint density at radius 1 is 1.19 bits per heavy atom. The summed E-state index contributed by atoms with van der Waals surface area (Å²) in [6, 6.07) is 10.7. The largest absolute Gasteiger partial charge is 0.398 e. The fraction of sp³-hybridized carbons (Fsp3) is 0. The molecule has 0 aliphatic rings. The molecule has 1 heterocycles. The number of aromatic amines is 1. The Balaban J connectivity index is 2.16. The number of benzene rings is 2. The molecular weight excluding hydrogens is 269 g/mol. The van der Waals surface area contributed by atoms with Crippen molar-refractivity contribution in [1.82, 2.24) is 4.98 Å². The van der Waals surface area contributed by atoms with Crippen molar-refractivity contribution in [2.24, 2.45) is 0 Å². The second-order valence-electron chi connectivity index (χ2n) is 4.64. The van der Waals surface area contributed by atoms with Gasteiger partial charge in [0.1, 0.15) is 5.82 Å². The lowest BCUT2D eigenvalue weighted by Crippen LogP contribution is -2.05. The first-order chi connectivity index (χ1) is 10.1. The van der Waals surface area contributed by atoms with Gasteiger partial charge >= 0.3 is 0 Å². The Kier molecular flexibility index (Phi) is 2.92. The summed E-state index contributed by atoms with van der Waals surface area (Å²) in [4.78, 5) is 15.5. The second-order valence-corrected chi connectivity index (χ2v) is 4.64. The third kappa shape index (κ3) is 2.13. The number of nitrogen functional groups attached to an aromatic ring is 1. The highest BCUT2D eigenvalue weighted by Crippen LogP contribution is 2.24. The maximum absolute atomic E-state index is 13.1. The standard InChI is InChI=1S/C16H10FN3O/c17-10-2-3-11(14(19)6-10)16(21)13-8-20-15-4-1-9(7-18)5-12(13)15/h1-6,8,20H,19H2. The van der Waals surface area contributed by atoms with E-state index in [0.29, 0.717) is 16.5 Å². The summed E-state index contributed by atoms with van der Waals surface area (Å²) >= 11 is 0. The number of fused-ring (bicyclic) bond motifs is 1. The van der Waals surface area contributed by atoms with Crippen LogP contribution >= 0.6 is 0 Å². The molecule has 0 bridgehead atoms. The van der Waals surface area contributed by atoms with Gasteiger partial charge in [-0.1, -0.05) is 0 Å². The number of nitrogens with two attached hydrogens (primary N) is 1. The van der Waals surface area contributed by atoms with Crippen LogP contribution in [0.15, 0.2) is 42.6 Å². The zero-order valence-electron chi connectivity index (χ0n) is 10.9. The molecule has 0 saturated carbocycles. The van der Waals surface area contributed by atoms with Crippen LogP contribution in [-0.2, 0) is 0 Å². The Morgan fingerprint density at radius 3 is 2.71 bits per heavy atom. The fourth-order valence-electron chi connectivity index (χ4n) is 2.26. The number of carbonyl (C=O) groups is 1. The minimum Gasteiger partial charge on any atom is -0.398 e. The van der Waals surface area contributed by atoms with Crippen LogP contribution in [0.4, 0.5) is 10.1 Å². The molecule has 3 rings (SSSR count). The predicted molar refractivity (Wildman–Crippen MR) is 77.3 cm³/mol. The lowest BCUT2D eigenvalue weighted by atomic mass is 10.0. The fourth-order valence-corrected chi connectivity index (χ4v) is 2.26. The zero-order valence-corrected chi connectivity index (χ0v) is 10.9. The summed E-state index contributed by atoms with van der Waals surface area (Å²) in [7, 11) is 0. The summed E-state index contributed by atoms with van der Waals surface area (Å²) in [6.07, 6.45) is 1.57. The number of hydrogen-bond acceptors (Lipinski definition) is 3. The topological polar surface area (TPSA) is 82.7 Å². The van der Waals surface area contributed by atoms with Gasteiger partial charge in [-0.3, -0.25) is 4.79 Å². The average Bonchev–Trinajstić information content (AvgIpc) is 2.89. The van der Waals surface area contributed by atoms with Gasteiger partial charge in [-0.2, -0.15) is 5.26 Å². The highest BCUT2D eigenvalue weighted by atomic mass is 19.1. The van der Waals surface area contributed by atoms with E-state index in [1.165, 1.54) is 12.1 Å². The number of nitrogens with one attached hydrogen (secondary N) is 1. The van der Waals surface area contributed by atoms with E-state index in [-0.39, 0.29) is 17.0 Å². The van der Waals surface area contributed by atoms with Crippen LogP contribution in [0.1, 0.15) is 21.5 Å². The lowest BCUT2D eigenvalue weighted by molar-refractivity contribution is 0.104. The smallest absolute Gasteiger partial charge is 0.197 e. The maximum Gasteiger partial charge on any atom is 0.197 e. The lowest BCUT2D eigenvalue weighted by Gasteiger charge is -2.04. The average molecular weight is 279 g/mol. The number of H-pyrrole nitrogens is 1. The van der Waals surface area contributed by atoms with Gasteiger partial charge in [0, 0.05) is 33.9 Å². The van der Waals surface area contributed by atoms with Gasteiger partial charge in [0.15, 0.2) is 5.78 Å². The van der Waals surface area contributed by atoms with Gasteiger partial charge in [0.2, 0.25) is 0 Å². The van der Waals surface area contributed by atoms with Crippen LogP contribution < -0.4 is 5.73 Å². The highest BCUT2D eigenvalue weighted by molar-refractivity contribution is 6.18. The van der Waals surface area contributed by atoms with E-state index in [9.17, 15) is 9.18 Å². The second kappa shape index (κ2) is 4.76. The third-order valence-electron chi connectivity index (χ3n) is 3.31. The molecule has 2 aromatic carbocycles. The molecule has 0 aliphatic heterocycles. The molecule has 0 unspecified atom stereocenters. The minimum absolute atomic E-state index is 0.0887. The molecule has 3 N–H and O–H groups in total. The molecule has 3 aromatic rings. The van der Waals surface area contributed by atoms with Crippen molar-refractivity contribution in [2.75, 3.05) is 5.73 Å². The number of nitriles is 1. The van der Waals surface area contributed by atoms with Gasteiger partial charge in [0.05, 0.1) is 11.6 Å². The predicted octanol–water partition coefficient (Wildman–Crippen LogP) is 2.99. The normalized spacial score (nSPS) is 10.5. The van der Waals surface area contributed by atoms with Crippen LogP contribution in [0.25, 0.3) is 10.9 Å². The number of ketones is 1. The van der Waals surface area contributed by atoms with Gasteiger partial charge in [-0.25, -0.2) is 4.39 Å². The van der Waals surface area contributed by atoms with Crippen LogP contribution in [0, 0.1) is 17.1 Å². The Bertz CT molecular complexity index is 906. The molecule has 0 radical (unpaired) electrons. The van der Waals surface area contributed by atoms with Crippen molar-refractivity contribution < 1.29 is 9.18 Å². The Morgan fingerprint density at radius 2 is 2.00 bits per heavy atom. The molecular formula is C16H10FN3O. The van der Waals surface area contributed by atoms with E-state index in [1.54, 1.807) is 24.4 Å². The number of hydrogen-bond donors (Lipinski definition) is 2. The van der Waals surface area contributed by atoms with Gasteiger partial charge in [-0.15, -0.1) is 0 Å². The first-order valence-electron chi connectivity index (χ1n) is 6.21. The minimum atomic E-state index is -0.491. The molecule has 0 amide bonds. The number of aromatic nitrogens is 1. The van der Waals surface area contributed by atoms with Crippen LogP contribution in [0.3, 0.4) is 0 Å². The number of carbonyl (C=O) groups excluding carboxylic acids is 1. The summed E-state index contributed by atoms with van der Waals surface area (Å²) in [5.74, 6) is -0.802. The number of halogens is 1. The molecule has 0 fully saturated rings. The van der Waals surface area contributed by atoms with Crippen molar-refractivity contribution in [1.29, 1.82) is 5.26 Å². The van der Waals surface area contributed by atoms with Crippen molar-refractivity contribution in [3.63, 3.8) is 0 Å². The van der Waals surface area contributed by atoms with E-state index in [4.69, 9.17) is 11.0 Å². The first-order valence-corrected chi connectivity index (χ1v) is 6.21. The molecule has 0 spiro atoms. The molecule has 5 heteroatoms. The Labute approximate surface area is 119 Å². The molecule has 21 heavy (non-hydrogen) atoms. The molecule has 1 aromatic heterocycles. The van der Waals surface area contributed by atoms with Crippen molar-refractivity contribution in [2.45, 2.75) is 0 Å². The molecule has 0 saturated heterocycles. The van der Waals surface area contributed by atoms with Crippen molar-refractivity contribution in [3.05, 3.63) is 65.1 Å². The summed E-state index contributed by atoms with van der Waals surface area (Å²) in [5.41, 5.74) is 7.64. The number of rotatable bonds is 2. The van der Waals surface area contributed by atoms with E-state index < -0.39 is 5.82 Å². The van der Waals surface area contributed by atoms with E-state index in [0.717, 1.165) is 11.6 Å². The van der Waals surface area contributed by atoms with Crippen LogP contribution in [0.5, 0.6) is 0 Å². The van der Waals surface area contributed by atoms with Crippen molar-refractivity contribution in [3.8, 4) is 6.07 Å². The Hall–Kier alpha value is -3.13. The van der Waals surface area contributed by atoms with Gasteiger partial charge < -0.3 is 10.7 Å². The SMILES string of the molecule is N#Cc1ccc2[nH]cc(C(=O)c3ccc(F)cc3N)c2c1. The van der Waals surface area contributed by atoms with Crippen LogP contribution in [-0.4, -0.2) is 10.8 Å². The monoisotopic (exact) mass is 279 g/mol. The summed E-state index contributed by atoms with van der Waals surface area (Å²) in [6.45, 7) is 0. The van der Waals surface area contributed by atoms with E-state index in [1.807, 2.05) is 6.07 Å². The molecule has 4 nitrogen and oxygen atoms in total. The number of nitrogens with zero attached hydrogens (tertiary/aromatic N) is 1. The van der Waals surface area contributed by atoms with E-state index in [2.05, 4.69) is 4.98 Å². The van der Waals surface area contributed by atoms with Crippen molar-refractivity contribution >= 4 is 22.4 Å². The van der Waals surface area contributed by atoms with Crippen LogP contribution in [0.2, 0.25) is 0 Å². The van der Waals surface area contributed by atoms with Gasteiger partial charge in [0.25, 0.3) is 0 Å². The zero-order chi connectivity index (χ0) is 15.0. The quantitative estimate of drug-likeness (QED) is 0.558. The molecule has 102 valence electrons. The summed E-state index contributed by atoms with van der Waals surface area (Å²) in [5, 5.41) is 9.59. The number of anilines is 1. The maximum atomic E-state index is 13.1.